The van der Waals surface area contributed by atoms with E-state index >= 15 is 0 Å². The third-order valence-corrected chi connectivity index (χ3v) is 4.41. The van der Waals surface area contributed by atoms with Crippen LogP contribution in [0, 0.1) is 19.8 Å². The molecule has 1 unspecified atom stereocenters. The summed E-state index contributed by atoms with van der Waals surface area (Å²) in [6.45, 7) is 8.20. The molecule has 0 aromatic carbocycles. The minimum absolute atomic E-state index is 0.145. The summed E-state index contributed by atoms with van der Waals surface area (Å²) in [5, 5.41) is 12.2. The summed E-state index contributed by atoms with van der Waals surface area (Å²) in [4.78, 5) is 6.97. The van der Waals surface area contributed by atoms with Crippen LogP contribution in [0.15, 0.2) is 11.2 Å². The molecule has 0 spiro atoms. The Morgan fingerprint density at radius 3 is 2.86 bits per heavy atom. The Balaban J connectivity index is 2.38. The molecule has 0 amide bonds. The SMILES string of the molecule is CCC1CCCN(c2nc(C)cc(C)c2C(N)=NO)CC1. The van der Waals surface area contributed by atoms with E-state index in [0.717, 1.165) is 41.6 Å². The van der Waals surface area contributed by atoms with Crippen LogP contribution in [0.4, 0.5) is 5.82 Å². The summed E-state index contributed by atoms with van der Waals surface area (Å²) in [5.41, 5.74) is 8.61. The fourth-order valence-corrected chi connectivity index (χ4v) is 3.20. The molecule has 0 bridgehead atoms. The second kappa shape index (κ2) is 6.78. The first-order valence-corrected chi connectivity index (χ1v) is 7.77. The van der Waals surface area contributed by atoms with E-state index in [1.165, 1.54) is 25.7 Å². The normalized spacial score (nSPS) is 20.4. The Kier molecular flexibility index (Phi) is 5.04. The first kappa shape index (κ1) is 15.6. The molecule has 116 valence electrons. The monoisotopic (exact) mass is 290 g/mol. The standard InChI is InChI=1S/C16H26N4O/c1-4-13-6-5-8-20(9-7-13)16-14(15(17)19-21)11(2)10-12(3)18-16/h10,13,21H,4-9H2,1-3H3,(H2,17,19). The number of amidine groups is 1. The largest absolute Gasteiger partial charge is 0.409 e. The number of anilines is 1. The Hall–Kier alpha value is -1.78. The zero-order chi connectivity index (χ0) is 15.4. The van der Waals surface area contributed by atoms with E-state index in [9.17, 15) is 0 Å². The molecule has 0 saturated carbocycles. The van der Waals surface area contributed by atoms with Crippen LogP contribution in [-0.2, 0) is 0 Å². The van der Waals surface area contributed by atoms with E-state index in [2.05, 4.69) is 22.0 Å². The van der Waals surface area contributed by atoms with Crippen molar-refractivity contribution >= 4 is 11.7 Å². The summed E-state index contributed by atoms with van der Waals surface area (Å²) in [7, 11) is 0. The molecule has 3 N–H and O–H groups in total. The number of hydrogen-bond donors (Lipinski definition) is 2. The second-order valence-electron chi connectivity index (χ2n) is 5.96. The van der Waals surface area contributed by atoms with Gasteiger partial charge < -0.3 is 15.8 Å². The molecule has 1 aromatic rings. The van der Waals surface area contributed by atoms with Gasteiger partial charge in [-0.1, -0.05) is 18.5 Å². The Bertz CT molecular complexity index is 527. The fourth-order valence-electron chi connectivity index (χ4n) is 3.20. The minimum atomic E-state index is 0.145. The molecule has 1 atom stereocenters. The lowest BCUT2D eigenvalue weighted by atomic mass is 9.98. The van der Waals surface area contributed by atoms with Gasteiger partial charge in [0.1, 0.15) is 5.82 Å². The van der Waals surface area contributed by atoms with E-state index in [1.54, 1.807) is 0 Å². The van der Waals surface area contributed by atoms with E-state index < -0.39 is 0 Å². The van der Waals surface area contributed by atoms with Crippen molar-refractivity contribution in [3.05, 3.63) is 22.9 Å². The Labute approximate surface area is 126 Å². The molecule has 5 nitrogen and oxygen atoms in total. The van der Waals surface area contributed by atoms with Crippen LogP contribution < -0.4 is 10.6 Å². The molecule has 0 radical (unpaired) electrons. The second-order valence-corrected chi connectivity index (χ2v) is 5.96. The van der Waals surface area contributed by atoms with Gasteiger partial charge in [-0.15, -0.1) is 0 Å². The third-order valence-electron chi connectivity index (χ3n) is 4.41. The van der Waals surface area contributed by atoms with Gasteiger partial charge in [-0.05, 0) is 50.7 Å². The van der Waals surface area contributed by atoms with Gasteiger partial charge in [0.25, 0.3) is 0 Å². The van der Waals surface area contributed by atoms with Crippen LogP contribution in [0.3, 0.4) is 0 Å². The maximum absolute atomic E-state index is 9.06. The molecule has 1 fully saturated rings. The predicted molar refractivity (Wildman–Crippen MR) is 86.1 cm³/mol. The highest BCUT2D eigenvalue weighted by molar-refractivity contribution is 6.02. The summed E-state index contributed by atoms with van der Waals surface area (Å²) >= 11 is 0. The molecule has 5 heteroatoms. The van der Waals surface area contributed by atoms with Crippen molar-refractivity contribution in [1.82, 2.24) is 4.98 Å². The van der Waals surface area contributed by atoms with E-state index in [1.807, 2.05) is 19.9 Å². The number of nitrogens with two attached hydrogens (primary N) is 1. The number of hydrogen-bond acceptors (Lipinski definition) is 4. The van der Waals surface area contributed by atoms with Crippen molar-refractivity contribution in [3.8, 4) is 0 Å². The van der Waals surface area contributed by atoms with Crippen molar-refractivity contribution in [2.75, 3.05) is 18.0 Å². The lowest BCUT2D eigenvalue weighted by Crippen LogP contribution is -2.29. The van der Waals surface area contributed by atoms with Gasteiger partial charge in [-0.3, -0.25) is 0 Å². The highest BCUT2D eigenvalue weighted by atomic mass is 16.4. The molecule has 1 saturated heterocycles. The highest BCUT2D eigenvalue weighted by Gasteiger charge is 2.22. The zero-order valence-corrected chi connectivity index (χ0v) is 13.3. The van der Waals surface area contributed by atoms with Crippen molar-refractivity contribution in [3.63, 3.8) is 0 Å². The topological polar surface area (TPSA) is 74.7 Å². The van der Waals surface area contributed by atoms with Crippen LogP contribution in [0.5, 0.6) is 0 Å². The van der Waals surface area contributed by atoms with Crippen molar-refractivity contribution < 1.29 is 5.21 Å². The van der Waals surface area contributed by atoms with Crippen LogP contribution in [0.25, 0.3) is 0 Å². The number of oxime groups is 1. The smallest absolute Gasteiger partial charge is 0.174 e. The van der Waals surface area contributed by atoms with Gasteiger partial charge in [0, 0.05) is 18.8 Å². The summed E-state index contributed by atoms with van der Waals surface area (Å²) in [6, 6.07) is 1.98. The van der Waals surface area contributed by atoms with E-state index in [-0.39, 0.29) is 5.84 Å². The van der Waals surface area contributed by atoms with Crippen LogP contribution in [-0.4, -0.2) is 29.1 Å². The van der Waals surface area contributed by atoms with E-state index in [4.69, 9.17) is 10.9 Å². The molecular weight excluding hydrogens is 264 g/mol. The van der Waals surface area contributed by atoms with Gasteiger partial charge in [0.15, 0.2) is 5.84 Å². The Morgan fingerprint density at radius 2 is 2.19 bits per heavy atom. The van der Waals surface area contributed by atoms with E-state index in [0.29, 0.717) is 0 Å². The number of pyridine rings is 1. The average molecular weight is 290 g/mol. The maximum Gasteiger partial charge on any atom is 0.174 e. The summed E-state index contributed by atoms with van der Waals surface area (Å²) in [6.07, 6.45) is 4.86. The number of rotatable bonds is 3. The van der Waals surface area contributed by atoms with Crippen LogP contribution >= 0.6 is 0 Å². The van der Waals surface area contributed by atoms with Gasteiger partial charge >= 0.3 is 0 Å². The van der Waals surface area contributed by atoms with Crippen molar-refractivity contribution in [1.29, 1.82) is 0 Å². The Morgan fingerprint density at radius 1 is 1.43 bits per heavy atom. The molecule has 2 rings (SSSR count). The summed E-state index contributed by atoms with van der Waals surface area (Å²) < 4.78 is 0. The van der Waals surface area contributed by atoms with Crippen molar-refractivity contribution in [2.45, 2.75) is 46.5 Å². The first-order chi connectivity index (χ1) is 10.1. The molecule has 2 heterocycles. The minimum Gasteiger partial charge on any atom is -0.409 e. The molecule has 1 aliphatic rings. The van der Waals surface area contributed by atoms with Crippen LogP contribution in [0.2, 0.25) is 0 Å². The number of nitrogens with zero attached hydrogens (tertiary/aromatic N) is 3. The van der Waals surface area contributed by atoms with Gasteiger partial charge in [0.2, 0.25) is 0 Å². The van der Waals surface area contributed by atoms with Gasteiger partial charge in [-0.2, -0.15) is 0 Å². The lowest BCUT2D eigenvalue weighted by Gasteiger charge is -2.25. The average Bonchev–Trinajstić information content (AvgIpc) is 2.71. The van der Waals surface area contributed by atoms with Gasteiger partial charge in [0.05, 0.1) is 5.56 Å². The molecule has 1 aromatic heterocycles. The maximum atomic E-state index is 9.06. The number of aryl methyl sites for hydroxylation is 2. The molecule has 21 heavy (non-hydrogen) atoms. The summed E-state index contributed by atoms with van der Waals surface area (Å²) in [5.74, 6) is 1.80. The number of aromatic nitrogens is 1. The predicted octanol–water partition coefficient (Wildman–Crippen LogP) is 2.81. The van der Waals surface area contributed by atoms with Crippen molar-refractivity contribution in [2.24, 2.45) is 16.8 Å². The fraction of sp³-hybridized carbons (Fsp3) is 0.625. The van der Waals surface area contributed by atoms with Gasteiger partial charge in [-0.25, -0.2) is 4.98 Å². The lowest BCUT2D eigenvalue weighted by molar-refractivity contribution is 0.318. The quantitative estimate of drug-likeness (QED) is 0.388. The third kappa shape index (κ3) is 3.46. The van der Waals surface area contributed by atoms with Crippen LogP contribution in [0.1, 0.15) is 49.4 Å². The highest BCUT2D eigenvalue weighted by Crippen LogP contribution is 2.27. The zero-order valence-electron chi connectivity index (χ0n) is 13.3. The molecule has 0 aliphatic carbocycles. The molecular formula is C16H26N4O. The molecule has 1 aliphatic heterocycles. The first-order valence-electron chi connectivity index (χ1n) is 7.77.